The van der Waals surface area contributed by atoms with Crippen molar-refractivity contribution in [1.29, 1.82) is 0 Å². The van der Waals surface area contributed by atoms with Gasteiger partial charge in [0.1, 0.15) is 5.75 Å². The lowest BCUT2D eigenvalue weighted by molar-refractivity contribution is -0.139. The van der Waals surface area contributed by atoms with Gasteiger partial charge in [-0.25, -0.2) is 0 Å². The van der Waals surface area contributed by atoms with Gasteiger partial charge in [-0.05, 0) is 50.6 Å². The summed E-state index contributed by atoms with van der Waals surface area (Å²) in [5.41, 5.74) is 1.09. The Morgan fingerprint density at radius 2 is 1.80 bits per heavy atom. The van der Waals surface area contributed by atoms with E-state index in [1.165, 1.54) is 12.1 Å². The first-order valence-electron chi connectivity index (χ1n) is 9.59. The number of rotatable bonds is 8. The van der Waals surface area contributed by atoms with E-state index in [1.54, 1.807) is 13.8 Å². The number of hydrogen-bond donors (Lipinski definition) is 1. The number of aromatic nitrogens is 2. The molecule has 3 aromatic rings. The lowest BCUT2D eigenvalue weighted by atomic mass is 10.1. The molecule has 0 atom stereocenters. The monoisotopic (exact) mass is 418 g/mol. The fourth-order valence-electron chi connectivity index (χ4n) is 2.83. The standard InChI is InChI=1S/C22H23F3N3O2/c1-4-11-26-13-15-5-7-16(8-6-15)20-27-21(30-28-20)17-9-10-19(29-14(2)3)18(12-17)22(23,24)25/h5-10,12,14,26H,1,4,11,13H2,2-3H3. The van der Waals surface area contributed by atoms with E-state index >= 15 is 0 Å². The van der Waals surface area contributed by atoms with Gasteiger partial charge in [-0.15, -0.1) is 0 Å². The molecule has 0 saturated heterocycles. The molecule has 1 N–H and O–H groups in total. The maximum atomic E-state index is 13.5. The summed E-state index contributed by atoms with van der Waals surface area (Å²) in [7, 11) is 0. The van der Waals surface area contributed by atoms with Gasteiger partial charge in [-0.3, -0.25) is 0 Å². The second kappa shape index (κ2) is 9.30. The van der Waals surface area contributed by atoms with Crippen LogP contribution in [-0.2, 0) is 12.7 Å². The molecule has 2 aromatic carbocycles. The summed E-state index contributed by atoms with van der Waals surface area (Å²) >= 11 is 0. The van der Waals surface area contributed by atoms with Crippen LogP contribution >= 0.6 is 0 Å². The van der Waals surface area contributed by atoms with Crippen LogP contribution in [0.2, 0.25) is 0 Å². The van der Waals surface area contributed by atoms with E-state index in [0.29, 0.717) is 11.4 Å². The number of nitrogens with one attached hydrogen (secondary N) is 1. The number of hydrogen-bond acceptors (Lipinski definition) is 5. The highest BCUT2D eigenvalue weighted by atomic mass is 19.4. The molecule has 0 aliphatic carbocycles. The lowest BCUT2D eigenvalue weighted by Gasteiger charge is -2.16. The summed E-state index contributed by atoms with van der Waals surface area (Å²) in [6.07, 6.45) is -4.14. The van der Waals surface area contributed by atoms with Crippen molar-refractivity contribution in [2.75, 3.05) is 6.54 Å². The van der Waals surface area contributed by atoms with Crippen LogP contribution in [0.1, 0.15) is 31.4 Å². The lowest BCUT2D eigenvalue weighted by Crippen LogP contribution is -2.13. The van der Waals surface area contributed by atoms with Gasteiger partial charge in [0.25, 0.3) is 5.89 Å². The number of halogens is 3. The van der Waals surface area contributed by atoms with Crippen molar-refractivity contribution in [3.8, 4) is 28.6 Å². The zero-order valence-corrected chi connectivity index (χ0v) is 16.8. The molecule has 0 fully saturated rings. The van der Waals surface area contributed by atoms with E-state index in [4.69, 9.17) is 9.26 Å². The van der Waals surface area contributed by atoms with Crippen molar-refractivity contribution in [2.24, 2.45) is 0 Å². The number of ether oxygens (including phenoxy) is 1. The molecule has 1 aromatic heterocycles. The molecule has 0 amide bonds. The zero-order valence-electron chi connectivity index (χ0n) is 16.8. The number of nitrogens with zero attached hydrogens (tertiary/aromatic N) is 2. The molecule has 0 saturated carbocycles. The molecule has 0 unspecified atom stereocenters. The third-order valence-electron chi connectivity index (χ3n) is 4.22. The summed E-state index contributed by atoms with van der Waals surface area (Å²) in [5.74, 6) is 0.0789. The van der Waals surface area contributed by atoms with E-state index < -0.39 is 11.7 Å². The Morgan fingerprint density at radius 1 is 1.10 bits per heavy atom. The van der Waals surface area contributed by atoms with E-state index in [9.17, 15) is 13.2 Å². The predicted octanol–water partition coefficient (Wildman–Crippen LogP) is 5.52. The topological polar surface area (TPSA) is 60.2 Å². The molecule has 0 aliphatic heterocycles. The van der Waals surface area contributed by atoms with Crippen LogP contribution in [0.15, 0.2) is 47.0 Å². The first-order valence-corrected chi connectivity index (χ1v) is 9.59. The quantitative estimate of drug-likeness (QED) is 0.488. The molecular formula is C22H23F3N3O2. The Labute approximate surface area is 173 Å². The largest absolute Gasteiger partial charge is 0.490 e. The highest BCUT2D eigenvalue weighted by molar-refractivity contribution is 5.62. The molecular weight excluding hydrogens is 395 g/mol. The Hall–Kier alpha value is -2.87. The van der Waals surface area contributed by atoms with Crippen molar-refractivity contribution in [3.05, 3.63) is 60.5 Å². The predicted molar refractivity (Wildman–Crippen MR) is 108 cm³/mol. The van der Waals surface area contributed by atoms with E-state index in [-0.39, 0.29) is 23.3 Å². The Kier molecular flexibility index (Phi) is 6.77. The molecule has 1 radical (unpaired) electrons. The van der Waals surface area contributed by atoms with Crippen molar-refractivity contribution < 1.29 is 22.4 Å². The Balaban J connectivity index is 1.83. The van der Waals surface area contributed by atoms with E-state index in [0.717, 1.165) is 31.1 Å². The average Bonchev–Trinajstić information content (AvgIpc) is 3.18. The van der Waals surface area contributed by atoms with Crippen molar-refractivity contribution in [2.45, 2.75) is 39.1 Å². The summed E-state index contributed by atoms with van der Waals surface area (Å²) in [6, 6.07) is 11.3. The van der Waals surface area contributed by atoms with Crippen molar-refractivity contribution in [1.82, 2.24) is 15.5 Å². The second-order valence-corrected chi connectivity index (χ2v) is 7.03. The van der Waals surface area contributed by atoms with Crippen molar-refractivity contribution in [3.63, 3.8) is 0 Å². The smallest absolute Gasteiger partial charge is 0.419 e. The molecule has 0 bridgehead atoms. The van der Waals surface area contributed by atoms with Crippen LogP contribution in [0, 0.1) is 6.92 Å². The third-order valence-corrected chi connectivity index (χ3v) is 4.22. The molecule has 159 valence electrons. The van der Waals surface area contributed by atoms with Crippen LogP contribution in [0.4, 0.5) is 13.2 Å². The van der Waals surface area contributed by atoms with Crippen LogP contribution in [0.3, 0.4) is 0 Å². The summed E-state index contributed by atoms with van der Waals surface area (Å²) in [5, 5.41) is 7.16. The van der Waals surface area contributed by atoms with Gasteiger partial charge >= 0.3 is 6.18 Å². The van der Waals surface area contributed by atoms with Gasteiger partial charge in [-0.2, -0.15) is 18.2 Å². The first kappa shape index (κ1) is 21.8. The highest BCUT2D eigenvalue weighted by Gasteiger charge is 2.35. The average molecular weight is 418 g/mol. The van der Waals surface area contributed by atoms with Gasteiger partial charge in [-0.1, -0.05) is 36.3 Å². The summed E-state index contributed by atoms with van der Waals surface area (Å²) in [6.45, 7) is 8.66. The molecule has 5 nitrogen and oxygen atoms in total. The van der Waals surface area contributed by atoms with Crippen LogP contribution in [-0.4, -0.2) is 22.8 Å². The van der Waals surface area contributed by atoms with E-state index in [2.05, 4.69) is 22.4 Å². The van der Waals surface area contributed by atoms with Crippen LogP contribution < -0.4 is 10.1 Å². The molecule has 0 aliphatic rings. The number of benzene rings is 2. The maximum Gasteiger partial charge on any atom is 0.419 e. The molecule has 30 heavy (non-hydrogen) atoms. The van der Waals surface area contributed by atoms with Gasteiger partial charge in [0.2, 0.25) is 5.82 Å². The summed E-state index contributed by atoms with van der Waals surface area (Å²) < 4.78 is 50.9. The fourth-order valence-corrected chi connectivity index (χ4v) is 2.83. The van der Waals surface area contributed by atoms with Crippen LogP contribution in [0.5, 0.6) is 5.75 Å². The zero-order chi connectivity index (χ0) is 21.7. The molecule has 8 heteroatoms. The normalized spacial score (nSPS) is 11.8. The minimum absolute atomic E-state index is 0.00721. The molecule has 0 spiro atoms. The Morgan fingerprint density at radius 3 is 2.43 bits per heavy atom. The second-order valence-electron chi connectivity index (χ2n) is 7.03. The fraction of sp³-hybridized carbons (Fsp3) is 0.318. The maximum absolute atomic E-state index is 13.5. The third kappa shape index (κ3) is 5.38. The van der Waals surface area contributed by atoms with Crippen LogP contribution in [0.25, 0.3) is 22.8 Å². The SMILES string of the molecule is [CH2]CCNCc1ccc(-c2noc(-c3ccc(OC(C)C)c(C(F)(F)F)c3)n2)cc1. The van der Waals surface area contributed by atoms with Gasteiger partial charge in [0.15, 0.2) is 0 Å². The minimum atomic E-state index is -4.57. The molecule has 3 rings (SSSR count). The van der Waals surface area contributed by atoms with Gasteiger partial charge < -0.3 is 14.6 Å². The minimum Gasteiger partial charge on any atom is -0.490 e. The van der Waals surface area contributed by atoms with Crippen molar-refractivity contribution >= 4 is 0 Å². The van der Waals surface area contributed by atoms with Gasteiger partial charge in [0, 0.05) is 17.7 Å². The molecule has 1 heterocycles. The Bertz CT molecular complexity index is 967. The van der Waals surface area contributed by atoms with Gasteiger partial charge in [0.05, 0.1) is 11.7 Å². The summed E-state index contributed by atoms with van der Waals surface area (Å²) in [4.78, 5) is 4.26. The first-order chi connectivity index (χ1) is 14.3. The van der Waals surface area contributed by atoms with E-state index in [1.807, 2.05) is 24.3 Å². The number of alkyl halides is 3. The highest BCUT2D eigenvalue weighted by Crippen LogP contribution is 2.39.